The summed E-state index contributed by atoms with van der Waals surface area (Å²) in [6, 6.07) is 0. The van der Waals surface area contributed by atoms with E-state index in [9.17, 15) is 0 Å². The summed E-state index contributed by atoms with van der Waals surface area (Å²) >= 11 is 11.5. The van der Waals surface area contributed by atoms with Crippen LogP contribution in [-0.2, 0) is 0 Å². The highest BCUT2D eigenvalue weighted by Gasteiger charge is 2.45. The quantitative estimate of drug-likeness (QED) is 0.689. The van der Waals surface area contributed by atoms with Gasteiger partial charge >= 0.3 is 0 Å². The molecule has 0 amide bonds. The van der Waals surface area contributed by atoms with Crippen molar-refractivity contribution in [1.29, 1.82) is 0 Å². The van der Waals surface area contributed by atoms with Gasteiger partial charge in [0.2, 0.25) is 0 Å². The second-order valence-electron chi connectivity index (χ2n) is 4.16. The number of nitrogens with zero attached hydrogens (tertiary/aromatic N) is 1. The molecule has 1 saturated carbocycles. The van der Waals surface area contributed by atoms with Crippen molar-refractivity contribution >= 4 is 23.2 Å². The Morgan fingerprint density at radius 2 is 2.00 bits per heavy atom. The molecule has 0 unspecified atom stereocenters. The molecule has 3 heteroatoms. The van der Waals surface area contributed by atoms with Crippen LogP contribution in [0.2, 0.25) is 0 Å². The molecule has 0 aromatic rings. The lowest BCUT2D eigenvalue weighted by Gasteiger charge is -2.46. The molecule has 0 radical (unpaired) electrons. The average molecular weight is 220 g/mol. The van der Waals surface area contributed by atoms with Crippen molar-refractivity contribution in [2.75, 3.05) is 13.1 Å². The van der Waals surface area contributed by atoms with Crippen LogP contribution in [0, 0.1) is 0 Å². The predicted molar refractivity (Wildman–Crippen MR) is 57.2 cm³/mol. The topological polar surface area (TPSA) is 3.24 Å². The second-order valence-corrected chi connectivity index (χ2v) is 4.86. The van der Waals surface area contributed by atoms with Crippen LogP contribution < -0.4 is 0 Å². The van der Waals surface area contributed by atoms with E-state index in [1.165, 1.54) is 44.2 Å². The SMILES string of the molecule is Cl/C=C(/Cl)CN1CCCC12CCC2. The van der Waals surface area contributed by atoms with Gasteiger partial charge in [0.15, 0.2) is 0 Å². The molecule has 1 heterocycles. The van der Waals surface area contributed by atoms with Crippen LogP contribution in [0.3, 0.4) is 0 Å². The lowest BCUT2D eigenvalue weighted by Crippen LogP contribution is -2.49. The number of rotatable bonds is 2. The van der Waals surface area contributed by atoms with Crippen molar-refractivity contribution in [3.63, 3.8) is 0 Å². The van der Waals surface area contributed by atoms with Crippen LogP contribution in [0.25, 0.3) is 0 Å². The molecule has 74 valence electrons. The maximum atomic E-state index is 5.94. The van der Waals surface area contributed by atoms with Crippen molar-refractivity contribution in [2.24, 2.45) is 0 Å². The van der Waals surface area contributed by atoms with E-state index in [2.05, 4.69) is 4.90 Å². The number of likely N-dealkylation sites (tertiary alicyclic amines) is 1. The van der Waals surface area contributed by atoms with Gasteiger partial charge in [-0.2, -0.15) is 0 Å². The van der Waals surface area contributed by atoms with Gasteiger partial charge in [-0.3, -0.25) is 4.90 Å². The fourth-order valence-corrected chi connectivity index (χ4v) is 2.82. The lowest BCUT2D eigenvalue weighted by atomic mass is 9.75. The lowest BCUT2D eigenvalue weighted by molar-refractivity contribution is 0.0659. The molecule has 13 heavy (non-hydrogen) atoms. The summed E-state index contributed by atoms with van der Waals surface area (Å²) in [6.45, 7) is 2.05. The molecule has 2 aliphatic rings. The summed E-state index contributed by atoms with van der Waals surface area (Å²) in [6.07, 6.45) is 6.80. The van der Waals surface area contributed by atoms with Gasteiger partial charge < -0.3 is 0 Å². The molecule has 1 spiro atoms. The first kappa shape index (κ1) is 9.82. The Morgan fingerprint density at radius 1 is 1.31 bits per heavy atom. The highest BCUT2D eigenvalue weighted by atomic mass is 35.5. The Kier molecular flexibility index (Phi) is 2.87. The highest BCUT2D eigenvalue weighted by Crippen LogP contribution is 2.45. The first-order chi connectivity index (χ1) is 6.27. The summed E-state index contributed by atoms with van der Waals surface area (Å²) in [5, 5.41) is 0.773. The van der Waals surface area contributed by atoms with Crippen molar-refractivity contribution in [3.05, 3.63) is 10.6 Å². The fourth-order valence-electron chi connectivity index (χ4n) is 2.61. The van der Waals surface area contributed by atoms with E-state index in [-0.39, 0.29) is 0 Å². The maximum absolute atomic E-state index is 5.94. The summed E-state index contributed by atoms with van der Waals surface area (Å²) in [5.41, 5.74) is 2.01. The summed E-state index contributed by atoms with van der Waals surface area (Å²) in [7, 11) is 0. The highest BCUT2D eigenvalue weighted by molar-refractivity contribution is 6.36. The smallest absolute Gasteiger partial charge is 0.0434 e. The van der Waals surface area contributed by atoms with E-state index in [0.29, 0.717) is 5.54 Å². The van der Waals surface area contributed by atoms with Crippen LogP contribution >= 0.6 is 23.2 Å². The molecule has 2 rings (SSSR count). The van der Waals surface area contributed by atoms with Crippen LogP contribution in [0.1, 0.15) is 32.1 Å². The minimum atomic E-state index is 0.514. The minimum absolute atomic E-state index is 0.514. The Bertz CT molecular complexity index is 221. The van der Waals surface area contributed by atoms with E-state index in [1.54, 1.807) is 0 Å². The molecule has 0 aromatic carbocycles. The van der Waals surface area contributed by atoms with E-state index in [4.69, 9.17) is 23.2 Å². The predicted octanol–water partition coefficient (Wildman–Crippen LogP) is 3.32. The van der Waals surface area contributed by atoms with Crippen molar-refractivity contribution < 1.29 is 0 Å². The Labute approximate surface area is 89.7 Å². The first-order valence-electron chi connectivity index (χ1n) is 4.97. The van der Waals surface area contributed by atoms with Gasteiger partial charge in [0, 0.05) is 22.7 Å². The maximum Gasteiger partial charge on any atom is 0.0434 e. The van der Waals surface area contributed by atoms with E-state index < -0.39 is 0 Å². The molecule has 2 fully saturated rings. The molecule has 1 nitrogen and oxygen atoms in total. The van der Waals surface area contributed by atoms with Crippen LogP contribution in [0.4, 0.5) is 0 Å². The van der Waals surface area contributed by atoms with Gasteiger partial charge in [0.25, 0.3) is 0 Å². The third-order valence-corrected chi connectivity index (χ3v) is 4.09. The Morgan fingerprint density at radius 3 is 2.54 bits per heavy atom. The minimum Gasteiger partial charge on any atom is -0.292 e. The molecule has 0 aromatic heterocycles. The van der Waals surface area contributed by atoms with Crippen molar-refractivity contribution in [3.8, 4) is 0 Å². The van der Waals surface area contributed by atoms with E-state index in [0.717, 1.165) is 11.6 Å². The van der Waals surface area contributed by atoms with Gasteiger partial charge in [0.1, 0.15) is 0 Å². The van der Waals surface area contributed by atoms with Crippen molar-refractivity contribution in [2.45, 2.75) is 37.6 Å². The Balaban J connectivity index is 1.98. The fraction of sp³-hybridized carbons (Fsp3) is 0.800. The monoisotopic (exact) mass is 219 g/mol. The molecule has 0 bridgehead atoms. The number of hydrogen-bond donors (Lipinski definition) is 0. The second kappa shape index (κ2) is 3.80. The van der Waals surface area contributed by atoms with Gasteiger partial charge in [-0.1, -0.05) is 23.2 Å². The van der Waals surface area contributed by atoms with Gasteiger partial charge in [-0.05, 0) is 38.6 Å². The molecular weight excluding hydrogens is 205 g/mol. The van der Waals surface area contributed by atoms with Crippen LogP contribution in [0.5, 0.6) is 0 Å². The molecule has 1 aliphatic heterocycles. The molecule has 1 aliphatic carbocycles. The normalized spacial score (nSPS) is 28.0. The van der Waals surface area contributed by atoms with Crippen LogP contribution in [-0.4, -0.2) is 23.5 Å². The molecule has 1 saturated heterocycles. The zero-order valence-corrected chi connectivity index (χ0v) is 9.24. The Hall–Kier alpha value is 0.280. The van der Waals surface area contributed by atoms with Crippen LogP contribution in [0.15, 0.2) is 10.6 Å². The van der Waals surface area contributed by atoms with E-state index >= 15 is 0 Å². The zero-order valence-electron chi connectivity index (χ0n) is 7.73. The third kappa shape index (κ3) is 1.74. The largest absolute Gasteiger partial charge is 0.292 e. The zero-order chi connectivity index (χ0) is 9.31. The number of halogens is 2. The number of hydrogen-bond acceptors (Lipinski definition) is 1. The summed E-state index contributed by atoms with van der Waals surface area (Å²) in [5.74, 6) is 0. The van der Waals surface area contributed by atoms with Crippen molar-refractivity contribution in [1.82, 2.24) is 4.90 Å². The average Bonchev–Trinajstić information content (AvgIpc) is 2.47. The first-order valence-corrected chi connectivity index (χ1v) is 5.78. The standard InChI is InChI=1S/C10H15Cl2N/c11-7-9(12)8-13-6-2-5-10(13)3-1-4-10/h7H,1-6,8H2/b9-7+. The van der Waals surface area contributed by atoms with Gasteiger partial charge in [-0.25, -0.2) is 0 Å². The third-order valence-electron chi connectivity index (χ3n) is 3.49. The van der Waals surface area contributed by atoms with E-state index in [1.807, 2.05) is 0 Å². The summed E-state index contributed by atoms with van der Waals surface area (Å²) < 4.78 is 0. The van der Waals surface area contributed by atoms with Gasteiger partial charge in [0.05, 0.1) is 0 Å². The molecule has 0 N–H and O–H groups in total. The molecule has 0 atom stereocenters. The summed E-state index contributed by atoms with van der Waals surface area (Å²) in [4.78, 5) is 2.51. The van der Waals surface area contributed by atoms with Gasteiger partial charge in [-0.15, -0.1) is 0 Å². The molecular formula is C10H15Cl2N.